The van der Waals surface area contributed by atoms with Gasteiger partial charge in [0, 0.05) is 31.8 Å². The van der Waals surface area contributed by atoms with Gasteiger partial charge >= 0.3 is 0 Å². The Bertz CT molecular complexity index is 533. The third kappa shape index (κ3) is 2.77. The van der Waals surface area contributed by atoms with E-state index in [4.69, 9.17) is 4.74 Å². The van der Waals surface area contributed by atoms with E-state index in [-0.39, 0.29) is 0 Å². The van der Waals surface area contributed by atoms with Crippen LogP contribution in [-0.2, 0) is 11.2 Å². The summed E-state index contributed by atoms with van der Waals surface area (Å²) in [5.41, 5.74) is 0.914. The SMILES string of the molecule is CCOC1CC(NCCc2nnc3ccccn23)C1. The molecule has 0 bridgehead atoms. The zero-order valence-electron chi connectivity index (χ0n) is 11.2. The highest BCUT2D eigenvalue weighted by Gasteiger charge is 2.28. The Morgan fingerprint density at radius 3 is 3.11 bits per heavy atom. The summed E-state index contributed by atoms with van der Waals surface area (Å²) in [6, 6.07) is 6.57. The van der Waals surface area contributed by atoms with E-state index in [0.717, 1.165) is 43.9 Å². The molecule has 19 heavy (non-hydrogen) atoms. The van der Waals surface area contributed by atoms with Gasteiger partial charge in [0.1, 0.15) is 5.82 Å². The van der Waals surface area contributed by atoms with Crippen molar-refractivity contribution >= 4 is 5.65 Å². The smallest absolute Gasteiger partial charge is 0.160 e. The van der Waals surface area contributed by atoms with E-state index in [1.165, 1.54) is 0 Å². The second-order valence-electron chi connectivity index (χ2n) is 4.99. The third-order valence-electron chi connectivity index (χ3n) is 3.66. The van der Waals surface area contributed by atoms with Crippen LogP contribution >= 0.6 is 0 Å². The third-order valence-corrected chi connectivity index (χ3v) is 3.66. The van der Waals surface area contributed by atoms with E-state index in [9.17, 15) is 0 Å². The molecule has 1 N–H and O–H groups in total. The van der Waals surface area contributed by atoms with Crippen LogP contribution in [0.4, 0.5) is 0 Å². The van der Waals surface area contributed by atoms with Crippen molar-refractivity contribution in [1.82, 2.24) is 19.9 Å². The summed E-state index contributed by atoms with van der Waals surface area (Å²) in [6.45, 7) is 3.82. The molecule has 0 atom stereocenters. The molecule has 3 rings (SSSR count). The summed E-state index contributed by atoms with van der Waals surface area (Å²) in [5, 5.41) is 11.9. The lowest BCUT2D eigenvalue weighted by molar-refractivity contribution is -0.00963. The zero-order valence-corrected chi connectivity index (χ0v) is 11.2. The van der Waals surface area contributed by atoms with E-state index in [1.54, 1.807) is 0 Å². The van der Waals surface area contributed by atoms with Crippen LogP contribution < -0.4 is 5.32 Å². The van der Waals surface area contributed by atoms with Gasteiger partial charge in [-0.1, -0.05) is 6.07 Å². The normalized spacial score (nSPS) is 22.6. The topological polar surface area (TPSA) is 51.5 Å². The highest BCUT2D eigenvalue weighted by atomic mass is 16.5. The molecule has 0 unspecified atom stereocenters. The van der Waals surface area contributed by atoms with Crippen molar-refractivity contribution < 1.29 is 4.74 Å². The van der Waals surface area contributed by atoms with Crippen LogP contribution in [0.1, 0.15) is 25.6 Å². The van der Waals surface area contributed by atoms with Gasteiger partial charge in [-0.3, -0.25) is 4.40 Å². The van der Waals surface area contributed by atoms with Crippen molar-refractivity contribution in [2.75, 3.05) is 13.2 Å². The number of ether oxygens (including phenoxy) is 1. The molecule has 2 aromatic rings. The molecule has 0 spiro atoms. The molecule has 5 nitrogen and oxygen atoms in total. The first kappa shape index (κ1) is 12.6. The minimum Gasteiger partial charge on any atom is -0.378 e. The number of hydrogen-bond acceptors (Lipinski definition) is 4. The lowest BCUT2D eigenvalue weighted by Gasteiger charge is -2.35. The molecule has 1 fully saturated rings. The van der Waals surface area contributed by atoms with Gasteiger partial charge in [-0.15, -0.1) is 10.2 Å². The molecule has 0 aliphatic heterocycles. The maximum atomic E-state index is 5.55. The van der Waals surface area contributed by atoms with Gasteiger partial charge in [-0.25, -0.2) is 0 Å². The fraction of sp³-hybridized carbons (Fsp3) is 0.571. The van der Waals surface area contributed by atoms with Gasteiger partial charge in [-0.2, -0.15) is 0 Å². The van der Waals surface area contributed by atoms with Crippen molar-refractivity contribution in [3.63, 3.8) is 0 Å². The van der Waals surface area contributed by atoms with Crippen molar-refractivity contribution in [2.24, 2.45) is 0 Å². The summed E-state index contributed by atoms with van der Waals surface area (Å²) in [6.07, 6.45) is 5.65. The van der Waals surface area contributed by atoms with Gasteiger partial charge in [0.05, 0.1) is 6.10 Å². The summed E-state index contributed by atoms with van der Waals surface area (Å²) < 4.78 is 7.60. The maximum absolute atomic E-state index is 5.55. The molecule has 5 heteroatoms. The molecule has 0 radical (unpaired) electrons. The minimum absolute atomic E-state index is 0.469. The first-order valence-electron chi connectivity index (χ1n) is 7.00. The summed E-state index contributed by atoms with van der Waals surface area (Å²) in [5.74, 6) is 1.02. The van der Waals surface area contributed by atoms with Gasteiger partial charge in [0.15, 0.2) is 5.65 Å². The van der Waals surface area contributed by atoms with E-state index in [0.29, 0.717) is 12.1 Å². The number of nitrogens with zero attached hydrogens (tertiary/aromatic N) is 3. The highest BCUT2D eigenvalue weighted by molar-refractivity contribution is 5.36. The lowest BCUT2D eigenvalue weighted by Crippen LogP contribution is -2.46. The molecular weight excluding hydrogens is 240 g/mol. The van der Waals surface area contributed by atoms with E-state index in [1.807, 2.05) is 28.8 Å². The molecule has 0 aromatic carbocycles. The lowest BCUT2D eigenvalue weighted by atomic mass is 9.89. The van der Waals surface area contributed by atoms with Crippen LogP contribution in [0, 0.1) is 0 Å². The Morgan fingerprint density at radius 1 is 1.37 bits per heavy atom. The molecular formula is C14H20N4O. The van der Waals surface area contributed by atoms with Crippen molar-refractivity contribution in [3.8, 4) is 0 Å². The van der Waals surface area contributed by atoms with Gasteiger partial charge in [0.2, 0.25) is 0 Å². The molecule has 2 aromatic heterocycles. The molecule has 102 valence electrons. The van der Waals surface area contributed by atoms with E-state index < -0.39 is 0 Å². The van der Waals surface area contributed by atoms with Crippen LogP contribution in [0.25, 0.3) is 5.65 Å². The fourth-order valence-corrected chi connectivity index (χ4v) is 2.55. The Labute approximate surface area is 113 Å². The Morgan fingerprint density at radius 2 is 2.26 bits per heavy atom. The number of nitrogens with one attached hydrogen (secondary N) is 1. The van der Waals surface area contributed by atoms with E-state index >= 15 is 0 Å². The van der Waals surface area contributed by atoms with Crippen LogP contribution in [0.15, 0.2) is 24.4 Å². The van der Waals surface area contributed by atoms with Crippen LogP contribution in [0.3, 0.4) is 0 Å². The second kappa shape index (κ2) is 5.67. The number of rotatable bonds is 6. The Hall–Kier alpha value is -1.46. The van der Waals surface area contributed by atoms with Crippen molar-refractivity contribution in [3.05, 3.63) is 30.2 Å². The first-order chi connectivity index (χ1) is 9.36. The summed E-state index contributed by atoms with van der Waals surface area (Å²) >= 11 is 0. The predicted molar refractivity (Wildman–Crippen MR) is 73.1 cm³/mol. The van der Waals surface area contributed by atoms with Crippen molar-refractivity contribution in [2.45, 2.75) is 38.3 Å². The average molecular weight is 260 g/mol. The monoisotopic (exact) mass is 260 g/mol. The molecule has 1 aliphatic rings. The number of fused-ring (bicyclic) bond motifs is 1. The number of pyridine rings is 1. The fourth-order valence-electron chi connectivity index (χ4n) is 2.55. The quantitative estimate of drug-likeness (QED) is 0.853. The van der Waals surface area contributed by atoms with Gasteiger partial charge < -0.3 is 10.1 Å². The Kier molecular flexibility index (Phi) is 3.75. The van der Waals surface area contributed by atoms with Crippen LogP contribution in [-0.4, -0.2) is 39.9 Å². The van der Waals surface area contributed by atoms with Gasteiger partial charge in [0.25, 0.3) is 0 Å². The molecule has 1 saturated carbocycles. The van der Waals surface area contributed by atoms with Crippen molar-refractivity contribution in [1.29, 1.82) is 0 Å². The highest BCUT2D eigenvalue weighted by Crippen LogP contribution is 2.22. The summed E-state index contributed by atoms with van der Waals surface area (Å²) in [7, 11) is 0. The zero-order chi connectivity index (χ0) is 13.1. The van der Waals surface area contributed by atoms with E-state index in [2.05, 4.69) is 22.4 Å². The maximum Gasteiger partial charge on any atom is 0.160 e. The first-order valence-corrected chi connectivity index (χ1v) is 7.00. The second-order valence-corrected chi connectivity index (χ2v) is 4.99. The Balaban J connectivity index is 1.46. The number of hydrogen-bond donors (Lipinski definition) is 1. The molecule has 1 aliphatic carbocycles. The van der Waals surface area contributed by atoms with Crippen LogP contribution in [0.2, 0.25) is 0 Å². The predicted octanol–water partition coefficient (Wildman–Crippen LogP) is 1.43. The minimum atomic E-state index is 0.469. The average Bonchev–Trinajstić information content (AvgIpc) is 2.79. The number of aromatic nitrogens is 3. The summed E-state index contributed by atoms with van der Waals surface area (Å²) in [4.78, 5) is 0. The van der Waals surface area contributed by atoms with Gasteiger partial charge in [-0.05, 0) is 31.9 Å². The largest absolute Gasteiger partial charge is 0.378 e. The molecule has 2 heterocycles. The molecule has 0 amide bonds. The molecule has 0 saturated heterocycles. The van der Waals surface area contributed by atoms with Crippen LogP contribution in [0.5, 0.6) is 0 Å². The standard InChI is InChI=1S/C14H20N4O/c1-2-19-12-9-11(10-12)15-7-6-14-17-16-13-5-3-4-8-18(13)14/h3-5,8,11-12,15H,2,6-7,9-10H2,1H3.